The zero-order chi connectivity index (χ0) is 13.9. The summed E-state index contributed by atoms with van der Waals surface area (Å²) in [6.07, 6.45) is 2.35. The minimum atomic E-state index is -1.18. The van der Waals surface area contributed by atoms with Gasteiger partial charge in [0, 0.05) is 18.8 Å². The number of methoxy groups -OCH3 is 1. The number of rotatable bonds is 4. The fourth-order valence-electron chi connectivity index (χ4n) is 2.80. The Balaban J connectivity index is 3.07. The van der Waals surface area contributed by atoms with Gasteiger partial charge in [0.05, 0.1) is 7.11 Å². The zero-order valence-corrected chi connectivity index (χ0v) is 11.6. The van der Waals surface area contributed by atoms with Gasteiger partial charge in [-0.3, -0.25) is 14.4 Å². The summed E-state index contributed by atoms with van der Waals surface area (Å²) in [7, 11) is 1.29. The molecule has 0 spiro atoms. The SMILES string of the molecule is COC(=O)C(C)(C(=O)C(C)C)[C@@H]1CCCC(=O)C1. The van der Waals surface area contributed by atoms with E-state index >= 15 is 0 Å². The monoisotopic (exact) mass is 254 g/mol. The maximum Gasteiger partial charge on any atom is 0.319 e. The van der Waals surface area contributed by atoms with E-state index < -0.39 is 11.4 Å². The van der Waals surface area contributed by atoms with E-state index in [1.807, 2.05) is 0 Å². The summed E-state index contributed by atoms with van der Waals surface area (Å²) in [6.45, 7) is 5.17. The van der Waals surface area contributed by atoms with Crippen molar-refractivity contribution in [1.29, 1.82) is 0 Å². The highest BCUT2D eigenvalue weighted by Gasteiger charge is 2.50. The van der Waals surface area contributed by atoms with Crippen LogP contribution >= 0.6 is 0 Å². The largest absolute Gasteiger partial charge is 0.468 e. The van der Waals surface area contributed by atoms with Crippen LogP contribution in [-0.4, -0.2) is 24.6 Å². The van der Waals surface area contributed by atoms with E-state index in [2.05, 4.69) is 0 Å². The summed E-state index contributed by atoms with van der Waals surface area (Å²) in [5.41, 5.74) is -1.18. The maximum absolute atomic E-state index is 12.4. The van der Waals surface area contributed by atoms with Crippen molar-refractivity contribution in [2.45, 2.75) is 46.5 Å². The molecule has 0 amide bonds. The first kappa shape index (κ1) is 14.9. The second-order valence-electron chi connectivity index (χ2n) is 5.54. The van der Waals surface area contributed by atoms with Gasteiger partial charge in [0.2, 0.25) is 0 Å². The summed E-state index contributed by atoms with van der Waals surface area (Å²) < 4.78 is 4.80. The van der Waals surface area contributed by atoms with Crippen molar-refractivity contribution < 1.29 is 19.1 Å². The number of carbonyl (C=O) groups excluding carboxylic acids is 3. The molecule has 102 valence electrons. The molecule has 2 atom stereocenters. The molecular formula is C14H22O4. The van der Waals surface area contributed by atoms with Crippen LogP contribution in [0.5, 0.6) is 0 Å². The molecule has 1 saturated carbocycles. The molecule has 0 radical (unpaired) electrons. The van der Waals surface area contributed by atoms with Gasteiger partial charge in [-0.2, -0.15) is 0 Å². The number of ether oxygens (including phenoxy) is 1. The first-order chi connectivity index (χ1) is 8.33. The Kier molecular flexibility index (Phi) is 4.65. The highest BCUT2D eigenvalue weighted by atomic mass is 16.5. The van der Waals surface area contributed by atoms with Crippen molar-refractivity contribution in [2.24, 2.45) is 17.3 Å². The van der Waals surface area contributed by atoms with Gasteiger partial charge < -0.3 is 4.74 Å². The normalized spacial score (nSPS) is 23.6. The molecule has 4 heteroatoms. The number of carbonyl (C=O) groups is 3. The Labute approximate surface area is 108 Å². The Morgan fingerprint density at radius 1 is 1.39 bits per heavy atom. The van der Waals surface area contributed by atoms with E-state index in [0.29, 0.717) is 12.8 Å². The van der Waals surface area contributed by atoms with Gasteiger partial charge >= 0.3 is 5.97 Å². The van der Waals surface area contributed by atoms with Crippen molar-refractivity contribution in [1.82, 2.24) is 0 Å². The molecule has 0 aromatic carbocycles. The van der Waals surface area contributed by atoms with Crippen molar-refractivity contribution in [3.05, 3.63) is 0 Å². The third kappa shape index (κ3) is 2.62. The van der Waals surface area contributed by atoms with Crippen LogP contribution in [-0.2, 0) is 19.1 Å². The lowest BCUT2D eigenvalue weighted by Gasteiger charge is -2.36. The van der Waals surface area contributed by atoms with E-state index in [-0.39, 0.29) is 23.4 Å². The molecule has 1 unspecified atom stereocenters. The summed E-state index contributed by atoms with van der Waals surface area (Å²) >= 11 is 0. The predicted molar refractivity (Wildman–Crippen MR) is 66.9 cm³/mol. The first-order valence-electron chi connectivity index (χ1n) is 6.48. The van der Waals surface area contributed by atoms with E-state index in [1.165, 1.54) is 7.11 Å². The van der Waals surface area contributed by atoms with Crippen LogP contribution in [0.25, 0.3) is 0 Å². The molecule has 1 fully saturated rings. The van der Waals surface area contributed by atoms with Gasteiger partial charge in [-0.15, -0.1) is 0 Å². The van der Waals surface area contributed by atoms with E-state index in [9.17, 15) is 14.4 Å². The zero-order valence-electron chi connectivity index (χ0n) is 11.6. The second-order valence-corrected chi connectivity index (χ2v) is 5.54. The van der Waals surface area contributed by atoms with Crippen molar-refractivity contribution in [2.75, 3.05) is 7.11 Å². The van der Waals surface area contributed by atoms with Crippen LogP contribution in [0.3, 0.4) is 0 Å². The van der Waals surface area contributed by atoms with Crippen molar-refractivity contribution in [3.8, 4) is 0 Å². The molecule has 0 saturated heterocycles. The molecular weight excluding hydrogens is 232 g/mol. The Morgan fingerprint density at radius 2 is 2.00 bits per heavy atom. The molecule has 4 nitrogen and oxygen atoms in total. The average Bonchev–Trinajstić information content (AvgIpc) is 2.35. The maximum atomic E-state index is 12.4. The molecule has 1 rings (SSSR count). The number of esters is 1. The highest BCUT2D eigenvalue weighted by molar-refractivity contribution is 6.05. The van der Waals surface area contributed by atoms with Crippen LogP contribution in [0, 0.1) is 17.3 Å². The molecule has 0 N–H and O–H groups in total. The average molecular weight is 254 g/mol. The number of ketones is 2. The highest BCUT2D eigenvalue weighted by Crippen LogP contribution is 2.40. The Hall–Kier alpha value is -1.19. The van der Waals surface area contributed by atoms with Crippen molar-refractivity contribution in [3.63, 3.8) is 0 Å². The predicted octanol–water partition coefficient (Wildman–Crippen LogP) is 2.15. The molecule has 18 heavy (non-hydrogen) atoms. The minimum Gasteiger partial charge on any atom is -0.468 e. The van der Waals surface area contributed by atoms with Crippen LogP contribution in [0.2, 0.25) is 0 Å². The van der Waals surface area contributed by atoms with Gasteiger partial charge in [-0.25, -0.2) is 0 Å². The van der Waals surface area contributed by atoms with Gasteiger partial charge in [-0.1, -0.05) is 13.8 Å². The summed E-state index contributed by atoms with van der Waals surface area (Å²) in [4.78, 5) is 36.0. The lowest BCUT2D eigenvalue weighted by molar-refractivity contribution is -0.163. The third-order valence-electron chi connectivity index (χ3n) is 3.94. The fraction of sp³-hybridized carbons (Fsp3) is 0.786. The molecule has 1 aliphatic rings. The van der Waals surface area contributed by atoms with Gasteiger partial charge in [0.15, 0.2) is 5.78 Å². The van der Waals surface area contributed by atoms with Crippen LogP contribution in [0.15, 0.2) is 0 Å². The number of hydrogen-bond acceptors (Lipinski definition) is 4. The molecule has 0 aromatic rings. The van der Waals surface area contributed by atoms with Gasteiger partial charge in [-0.05, 0) is 25.7 Å². The molecule has 1 aliphatic carbocycles. The molecule has 0 aromatic heterocycles. The third-order valence-corrected chi connectivity index (χ3v) is 3.94. The van der Waals surface area contributed by atoms with Crippen molar-refractivity contribution >= 4 is 17.5 Å². The Morgan fingerprint density at radius 3 is 2.44 bits per heavy atom. The molecule has 0 bridgehead atoms. The number of hydrogen-bond donors (Lipinski definition) is 0. The van der Waals surface area contributed by atoms with E-state index in [0.717, 1.165) is 12.8 Å². The smallest absolute Gasteiger partial charge is 0.319 e. The minimum absolute atomic E-state index is 0.131. The summed E-state index contributed by atoms with van der Waals surface area (Å²) in [5, 5.41) is 0. The van der Waals surface area contributed by atoms with Gasteiger partial charge in [0.1, 0.15) is 11.2 Å². The lowest BCUT2D eigenvalue weighted by atomic mass is 9.65. The topological polar surface area (TPSA) is 60.4 Å². The first-order valence-corrected chi connectivity index (χ1v) is 6.48. The van der Waals surface area contributed by atoms with Crippen LogP contribution in [0.1, 0.15) is 46.5 Å². The lowest BCUT2D eigenvalue weighted by Crippen LogP contribution is -2.47. The standard InChI is InChI=1S/C14H22O4/c1-9(2)12(16)14(3,13(17)18-4)10-6-5-7-11(15)8-10/h9-10H,5-8H2,1-4H3/t10-,14?/m1/s1. The fourth-order valence-corrected chi connectivity index (χ4v) is 2.80. The van der Waals surface area contributed by atoms with Gasteiger partial charge in [0.25, 0.3) is 0 Å². The summed E-state index contributed by atoms with van der Waals surface area (Å²) in [5.74, 6) is -0.972. The summed E-state index contributed by atoms with van der Waals surface area (Å²) in [6, 6.07) is 0. The Bertz CT molecular complexity index is 359. The molecule has 0 heterocycles. The number of Topliss-reactive ketones (excluding diaryl/α,β-unsaturated/α-hetero) is 2. The quantitative estimate of drug-likeness (QED) is 0.569. The molecule has 0 aliphatic heterocycles. The van der Waals surface area contributed by atoms with Crippen LogP contribution < -0.4 is 0 Å². The second kappa shape index (κ2) is 5.63. The van der Waals surface area contributed by atoms with E-state index in [1.54, 1.807) is 20.8 Å². The van der Waals surface area contributed by atoms with E-state index in [4.69, 9.17) is 4.74 Å². The van der Waals surface area contributed by atoms with Crippen LogP contribution in [0.4, 0.5) is 0 Å².